The van der Waals surface area contributed by atoms with Gasteiger partial charge in [0.1, 0.15) is 5.84 Å². The molecule has 178 valence electrons. The van der Waals surface area contributed by atoms with Crippen LogP contribution in [0.5, 0.6) is 0 Å². The van der Waals surface area contributed by atoms with Gasteiger partial charge in [0.05, 0.1) is 16.8 Å². The van der Waals surface area contributed by atoms with Crippen LogP contribution in [-0.4, -0.2) is 63.2 Å². The van der Waals surface area contributed by atoms with Gasteiger partial charge < -0.3 is 15.5 Å². The molecule has 0 aromatic carbocycles. The average molecular weight is 464 g/mol. The number of nitrogens with one attached hydrogen (secondary N) is 3. The van der Waals surface area contributed by atoms with Crippen molar-refractivity contribution < 1.29 is 18.0 Å². The van der Waals surface area contributed by atoms with Crippen LogP contribution in [-0.2, 0) is 16.5 Å². The fraction of sp³-hybridized carbons (Fsp3) is 0.571. The van der Waals surface area contributed by atoms with E-state index in [2.05, 4.69) is 26.1 Å². The van der Waals surface area contributed by atoms with Crippen LogP contribution >= 0.6 is 0 Å². The number of nitrogens with zero attached hydrogens (tertiary/aromatic N) is 5. The van der Waals surface area contributed by atoms with Crippen LogP contribution in [0.2, 0.25) is 0 Å². The summed E-state index contributed by atoms with van der Waals surface area (Å²) in [5.74, 6) is 0.526. The lowest BCUT2D eigenvalue weighted by Crippen LogP contribution is -2.62. The molecule has 3 fully saturated rings. The summed E-state index contributed by atoms with van der Waals surface area (Å²) in [5.41, 5.74) is 1.14. The Bertz CT molecular complexity index is 1060. The zero-order valence-corrected chi connectivity index (χ0v) is 18.7. The summed E-state index contributed by atoms with van der Waals surface area (Å²) >= 11 is 0. The SMILES string of the molecule is CC(C)(C)n1cc(NC(=O)C2=C3N=C(N4CC5CCC4CN5)C=CN3NC2)c(C(F)(F)F)n1. The van der Waals surface area contributed by atoms with E-state index >= 15 is 0 Å². The van der Waals surface area contributed by atoms with Crippen molar-refractivity contribution in [3.63, 3.8) is 0 Å². The number of halogens is 3. The van der Waals surface area contributed by atoms with Crippen LogP contribution in [0.15, 0.2) is 34.9 Å². The molecule has 12 heteroatoms. The van der Waals surface area contributed by atoms with Gasteiger partial charge in [0.15, 0.2) is 11.5 Å². The maximum Gasteiger partial charge on any atom is 0.437 e. The van der Waals surface area contributed by atoms with E-state index in [1.54, 1.807) is 32.0 Å². The van der Waals surface area contributed by atoms with E-state index in [-0.39, 0.29) is 17.8 Å². The number of carbonyl (C=O) groups is 1. The van der Waals surface area contributed by atoms with Gasteiger partial charge in [0.2, 0.25) is 0 Å². The Morgan fingerprint density at radius 1 is 1.24 bits per heavy atom. The number of piperazine rings is 1. The molecule has 6 rings (SSSR count). The minimum Gasteiger partial charge on any atom is -0.351 e. The van der Waals surface area contributed by atoms with E-state index in [9.17, 15) is 18.0 Å². The van der Waals surface area contributed by atoms with E-state index in [1.807, 2.05) is 6.08 Å². The molecule has 1 aromatic heterocycles. The quantitative estimate of drug-likeness (QED) is 0.621. The van der Waals surface area contributed by atoms with Crippen molar-refractivity contribution in [2.45, 2.75) is 57.4 Å². The summed E-state index contributed by atoms with van der Waals surface area (Å²) in [6, 6.07) is 0.762. The number of piperidine rings is 2. The van der Waals surface area contributed by atoms with E-state index < -0.39 is 23.3 Å². The Balaban J connectivity index is 1.43. The molecular weight excluding hydrogens is 437 g/mol. The molecule has 2 atom stereocenters. The minimum absolute atomic E-state index is 0.157. The fourth-order valence-corrected chi connectivity index (χ4v) is 4.54. The number of aromatic nitrogens is 2. The number of rotatable bonds is 2. The lowest BCUT2D eigenvalue weighted by molar-refractivity contribution is -0.141. The monoisotopic (exact) mass is 464 g/mol. The Morgan fingerprint density at radius 2 is 2.03 bits per heavy atom. The second-order valence-electron chi connectivity index (χ2n) is 9.74. The van der Waals surface area contributed by atoms with Gasteiger partial charge >= 0.3 is 6.18 Å². The Labute approximate surface area is 189 Å². The standard InChI is InChI=1S/C21H27F3N8O/c1-20(2,3)32-11-15(17(29-32)21(22,23)24)27-19(33)14-9-26-31-7-6-16(28-18(14)31)30-10-12-4-5-13(30)8-25-12/h6-7,11-13,25-26H,4-5,8-10H2,1-3H3,(H,27,33). The lowest BCUT2D eigenvalue weighted by Gasteiger charge is -2.47. The average Bonchev–Trinajstić information content (AvgIpc) is 3.38. The predicted octanol–water partition coefficient (Wildman–Crippen LogP) is 1.99. The van der Waals surface area contributed by atoms with Gasteiger partial charge in [0.25, 0.3) is 5.91 Å². The number of hydrogen-bond acceptors (Lipinski definition) is 7. The molecule has 2 unspecified atom stereocenters. The van der Waals surface area contributed by atoms with Gasteiger partial charge in [-0.2, -0.15) is 18.3 Å². The van der Waals surface area contributed by atoms with Gasteiger partial charge in [-0.15, -0.1) is 0 Å². The molecule has 0 saturated carbocycles. The molecule has 3 saturated heterocycles. The van der Waals surface area contributed by atoms with Crippen LogP contribution < -0.4 is 16.1 Å². The van der Waals surface area contributed by atoms with E-state index in [1.165, 1.54) is 10.9 Å². The number of carbonyl (C=O) groups excluding carboxylic acids is 1. The first kappa shape index (κ1) is 22.0. The lowest BCUT2D eigenvalue weighted by atomic mass is 9.93. The minimum atomic E-state index is -4.70. The van der Waals surface area contributed by atoms with Crippen molar-refractivity contribution in [2.24, 2.45) is 4.99 Å². The number of aliphatic imine (C=N–C) groups is 1. The Kier molecular flexibility index (Phi) is 5.05. The van der Waals surface area contributed by atoms with Crippen LogP contribution in [0.25, 0.3) is 0 Å². The molecule has 9 nitrogen and oxygen atoms in total. The first-order valence-corrected chi connectivity index (χ1v) is 11.0. The highest BCUT2D eigenvalue weighted by Crippen LogP contribution is 2.35. The third kappa shape index (κ3) is 4.01. The van der Waals surface area contributed by atoms with E-state index in [0.717, 1.165) is 31.8 Å². The molecule has 0 aliphatic carbocycles. The largest absolute Gasteiger partial charge is 0.437 e. The van der Waals surface area contributed by atoms with Gasteiger partial charge in [0, 0.05) is 44.1 Å². The summed E-state index contributed by atoms with van der Waals surface area (Å²) in [7, 11) is 0. The highest BCUT2D eigenvalue weighted by molar-refractivity contribution is 6.06. The van der Waals surface area contributed by atoms with Gasteiger partial charge in [-0.1, -0.05) is 0 Å². The number of hydrazine groups is 1. The van der Waals surface area contributed by atoms with Crippen molar-refractivity contribution in [3.05, 3.63) is 35.6 Å². The van der Waals surface area contributed by atoms with Crippen molar-refractivity contribution in [1.29, 1.82) is 0 Å². The zero-order valence-electron chi connectivity index (χ0n) is 18.7. The molecule has 5 aliphatic rings. The Morgan fingerprint density at radius 3 is 2.64 bits per heavy atom. The number of alkyl halides is 3. The van der Waals surface area contributed by atoms with Crippen LogP contribution in [0.4, 0.5) is 18.9 Å². The predicted molar refractivity (Wildman–Crippen MR) is 116 cm³/mol. The molecule has 5 aliphatic heterocycles. The normalized spacial score (nSPS) is 25.0. The first-order chi connectivity index (χ1) is 15.5. The van der Waals surface area contributed by atoms with Crippen LogP contribution in [0.1, 0.15) is 39.3 Å². The molecule has 6 heterocycles. The summed E-state index contributed by atoms with van der Waals surface area (Å²) in [4.78, 5) is 20.0. The smallest absolute Gasteiger partial charge is 0.351 e. The number of hydrogen-bond donors (Lipinski definition) is 3. The third-order valence-corrected chi connectivity index (χ3v) is 6.35. The number of amidine groups is 1. The fourth-order valence-electron chi connectivity index (χ4n) is 4.54. The molecular formula is C21H27F3N8O. The second kappa shape index (κ2) is 7.59. The van der Waals surface area contributed by atoms with Crippen LogP contribution in [0, 0.1) is 0 Å². The van der Waals surface area contributed by atoms with Gasteiger partial charge in [-0.25, -0.2) is 10.4 Å². The summed E-state index contributed by atoms with van der Waals surface area (Å²) < 4.78 is 41.9. The topological polar surface area (TPSA) is 89.8 Å². The maximum absolute atomic E-state index is 13.6. The number of anilines is 1. The van der Waals surface area contributed by atoms with Crippen molar-refractivity contribution in [1.82, 2.24) is 30.4 Å². The molecule has 0 spiro atoms. The molecule has 3 N–H and O–H groups in total. The third-order valence-electron chi connectivity index (χ3n) is 6.35. The Hall–Kier alpha value is -2.86. The molecule has 1 aromatic rings. The first-order valence-electron chi connectivity index (χ1n) is 11.0. The molecule has 33 heavy (non-hydrogen) atoms. The highest BCUT2D eigenvalue weighted by atomic mass is 19.4. The summed E-state index contributed by atoms with van der Waals surface area (Å²) in [5, 5.41) is 11.2. The van der Waals surface area contributed by atoms with Gasteiger partial charge in [-0.3, -0.25) is 14.5 Å². The summed E-state index contributed by atoms with van der Waals surface area (Å²) in [6.45, 7) is 7.11. The van der Waals surface area contributed by atoms with E-state index in [0.29, 0.717) is 17.9 Å². The van der Waals surface area contributed by atoms with E-state index in [4.69, 9.17) is 4.99 Å². The summed E-state index contributed by atoms with van der Waals surface area (Å²) in [6.07, 6.45) is 2.43. The zero-order chi connectivity index (χ0) is 23.5. The molecule has 0 radical (unpaired) electrons. The van der Waals surface area contributed by atoms with Crippen molar-refractivity contribution in [2.75, 3.05) is 25.0 Å². The number of fused-ring (bicyclic) bond motifs is 4. The maximum atomic E-state index is 13.6. The molecule has 1 amide bonds. The van der Waals surface area contributed by atoms with Gasteiger partial charge in [-0.05, 0) is 39.7 Å². The van der Waals surface area contributed by atoms with Crippen molar-refractivity contribution in [3.8, 4) is 0 Å². The molecule has 2 bridgehead atoms. The number of amides is 1. The van der Waals surface area contributed by atoms with Crippen molar-refractivity contribution >= 4 is 17.4 Å². The van der Waals surface area contributed by atoms with Crippen LogP contribution in [0.3, 0.4) is 0 Å². The second-order valence-corrected chi connectivity index (χ2v) is 9.74. The highest BCUT2D eigenvalue weighted by Gasteiger charge is 2.40.